The molecule has 0 aliphatic rings. The lowest BCUT2D eigenvalue weighted by molar-refractivity contribution is 0.112. The van der Waals surface area contributed by atoms with E-state index < -0.39 is 0 Å². The normalized spacial score (nSPS) is 11.2. The van der Waals surface area contributed by atoms with Gasteiger partial charge in [-0.1, -0.05) is 20.8 Å². The fourth-order valence-electron chi connectivity index (χ4n) is 2.06. The number of hydrogen-bond donors (Lipinski definition) is 2. The summed E-state index contributed by atoms with van der Waals surface area (Å²) in [5.74, 6) is 0.672. The van der Waals surface area contributed by atoms with Crippen LogP contribution in [-0.2, 0) is 12.0 Å². The lowest BCUT2D eigenvalue weighted by Gasteiger charge is -2.20. The molecule has 116 valence electrons. The van der Waals surface area contributed by atoms with Gasteiger partial charge in [0.2, 0.25) is 0 Å². The summed E-state index contributed by atoms with van der Waals surface area (Å²) in [4.78, 5) is 11.1. The molecule has 0 heterocycles. The van der Waals surface area contributed by atoms with Gasteiger partial charge in [-0.2, -0.15) is 0 Å². The van der Waals surface area contributed by atoms with Gasteiger partial charge < -0.3 is 14.9 Å². The molecule has 0 amide bonds. The quantitative estimate of drug-likeness (QED) is 0.666. The van der Waals surface area contributed by atoms with Crippen molar-refractivity contribution in [1.29, 1.82) is 0 Å². The monoisotopic (exact) mass is 300 g/mol. The smallest absolute Gasteiger partial charge is 0.150 e. The van der Waals surface area contributed by atoms with Crippen LogP contribution in [0.3, 0.4) is 0 Å². The predicted molar refractivity (Wildman–Crippen MR) is 84.6 cm³/mol. The van der Waals surface area contributed by atoms with Crippen LogP contribution in [0, 0.1) is 0 Å². The van der Waals surface area contributed by atoms with Crippen LogP contribution >= 0.6 is 0 Å². The van der Waals surface area contributed by atoms with Crippen molar-refractivity contribution in [1.82, 2.24) is 0 Å². The fraction of sp³-hybridized carbons (Fsp3) is 0.278. The van der Waals surface area contributed by atoms with Crippen LogP contribution in [-0.4, -0.2) is 16.5 Å². The van der Waals surface area contributed by atoms with E-state index in [4.69, 9.17) is 4.74 Å². The average molecular weight is 300 g/mol. The third-order valence-electron chi connectivity index (χ3n) is 3.39. The Bertz CT molecular complexity index is 684. The first kappa shape index (κ1) is 15.9. The zero-order valence-electron chi connectivity index (χ0n) is 13.0. The summed E-state index contributed by atoms with van der Waals surface area (Å²) in [5.41, 5.74) is 1.91. The SMILES string of the molecule is CC(C)(C)c1cc(C=O)cc(OCc2cc(O)ccc2O)c1. The molecule has 2 rings (SSSR count). The molecule has 0 radical (unpaired) electrons. The van der Waals surface area contributed by atoms with Crippen LogP contribution in [0.15, 0.2) is 36.4 Å². The second kappa shape index (κ2) is 6.10. The molecular weight excluding hydrogens is 280 g/mol. The van der Waals surface area contributed by atoms with E-state index in [1.54, 1.807) is 6.07 Å². The Hall–Kier alpha value is -2.49. The molecule has 22 heavy (non-hydrogen) atoms. The van der Waals surface area contributed by atoms with E-state index in [9.17, 15) is 15.0 Å². The first-order valence-electron chi connectivity index (χ1n) is 7.04. The van der Waals surface area contributed by atoms with Crippen LogP contribution < -0.4 is 4.74 Å². The highest BCUT2D eigenvalue weighted by Gasteiger charge is 2.16. The Kier molecular flexibility index (Phi) is 4.40. The standard InChI is InChI=1S/C18H20O4/c1-18(2,3)14-6-12(10-19)7-16(9-14)22-11-13-8-15(20)4-5-17(13)21/h4-10,20-21H,11H2,1-3H3. The highest BCUT2D eigenvalue weighted by atomic mass is 16.5. The number of benzene rings is 2. The number of rotatable bonds is 4. The summed E-state index contributed by atoms with van der Waals surface area (Å²) < 4.78 is 5.68. The van der Waals surface area contributed by atoms with Gasteiger partial charge in [-0.05, 0) is 47.4 Å². The molecule has 0 atom stereocenters. The lowest BCUT2D eigenvalue weighted by Crippen LogP contribution is -2.12. The number of aromatic hydroxyl groups is 2. The fourth-order valence-corrected chi connectivity index (χ4v) is 2.06. The highest BCUT2D eigenvalue weighted by Crippen LogP contribution is 2.29. The third-order valence-corrected chi connectivity index (χ3v) is 3.39. The molecule has 0 aliphatic heterocycles. The van der Waals surface area contributed by atoms with Crippen molar-refractivity contribution in [3.8, 4) is 17.2 Å². The van der Waals surface area contributed by atoms with Gasteiger partial charge in [0.25, 0.3) is 0 Å². The summed E-state index contributed by atoms with van der Waals surface area (Å²) in [6.07, 6.45) is 0.786. The number of carbonyl (C=O) groups is 1. The molecule has 2 aromatic rings. The molecular formula is C18H20O4. The summed E-state index contributed by atoms with van der Waals surface area (Å²) in [7, 11) is 0. The zero-order chi connectivity index (χ0) is 16.3. The first-order valence-corrected chi connectivity index (χ1v) is 7.04. The van der Waals surface area contributed by atoms with Crippen molar-refractivity contribution in [3.63, 3.8) is 0 Å². The second-order valence-electron chi connectivity index (χ2n) is 6.26. The average Bonchev–Trinajstić information content (AvgIpc) is 2.47. The topological polar surface area (TPSA) is 66.8 Å². The number of phenolic OH excluding ortho intramolecular Hbond substituents is 2. The van der Waals surface area contributed by atoms with Crippen molar-refractivity contribution in [3.05, 3.63) is 53.1 Å². The third kappa shape index (κ3) is 3.79. The van der Waals surface area contributed by atoms with Gasteiger partial charge in [-0.25, -0.2) is 0 Å². The Morgan fingerprint density at radius 1 is 1.09 bits per heavy atom. The molecule has 2 N–H and O–H groups in total. The molecule has 0 spiro atoms. The van der Waals surface area contributed by atoms with Crippen molar-refractivity contribution >= 4 is 6.29 Å². The summed E-state index contributed by atoms with van der Waals surface area (Å²) >= 11 is 0. The maximum atomic E-state index is 11.1. The van der Waals surface area contributed by atoms with Crippen LogP contribution in [0.5, 0.6) is 17.2 Å². The Balaban J connectivity index is 2.26. The first-order chi connectivity index (χ1) is 10.3. The van der Waals surface area contributed by atoms with E-state index >= 15 is 0 Å². The zero-order valence-corrected chi connectivity index (χ0v) is 13.0. The number of ether oxygens (including phenoxy) is 1. The van der Waals surface area contributed by atoms with E-state index in [0.29, 0.717) is 16.9 Å². The summed E-state index contributed by atoms with van der Waals surface area (Å²) in [6, 6.07) is 9.64. The number of carbonyl (C=O) groups excluding carboxylic acids is 1. The minimum absolute atomic E-state index is 0.0559. The van der Waals surface area contributed by atoms with Crippen LogP contribution in [0.4, 0.5) is 0 Å². The van der Waals surface area contributed by atoms with Crippen LogP contribution in [0.1, 0.15) is 42.3 Å². The van der Waals surface area contributed by atoms with Gasteiger partial charge in [0.1, 0.15) is 30.1 Å². The van der Waals surface area contributed by atoms with E-state index in [0.717, 1.165) is 11.8 Å². The van der Waals surface area contributed by atoms with Crippen molar-refractivity contribution in [2.24, 2.45) is 0 Å². The van der Waals surface area contributed by atoms with E-state index in [1.807, 2.05) is 12.1 Å². The molecule has 0 bridgehead atoms. The highest BCUT2D eigenvalue weighted by molar-refractivity contribution is 5.76. The van der Waals surface area contributed by atoms with Gasteiger partial charge in [-0.3, -0.25) is 4.79 Å². The molecule has 4 nitrogen and oxygen atoms in total. The van der Waals surface area contributed by atoms with E-state index in [-0.39, 0.29) is 23.5 Å². The van der Waals surface area contributed by atoms with Crippen molar-refractivity contribution < 1.29 is 19.7 Å². The van der Waals surface area contributed by atoms with Gasteiger partial charge in [0.05, 0.1) is 0 Å². The summed E-state index contributed by atoms with van der Waals surface area (Å²) in [6.45, 7) is 6.28. The van der Waals surface area contributed by atoms with Gasteiger partial charge in [0, 0.05) is 11.1 Å². The van der Waals surface area contributed by atoms with Crippen molar-refractivity contribution in [2.45, 2.75) is 32.8 Å². The molecule has 0 unspecified atom stereocenters. The van der Waals surface area contributed by atoms with Gasteiger partial charge in [-0.15, -0.1) is 0 Å². The number of phenols is 2. The van der Waals surface area contributed by atoms with Gasteiger partial charge in [0.15, 0.2) is 0 Å². The lowest BCUT2D eigenvalue weighted by atomic mass is 9.86. The maximum Gasteiger partial charge on any atom is 0.150 e. The summed E-state index contributed by atoms with van der Waals surface area (Å²) in [5, 5.41) is 19.2. The van der Waals surface area contributed by atoms with E-state index in [1.165, 1.54) is 18.2 Å². The van der Waals surface area contributed by atoms with Crippen LogP contribution in [0.25, 0.3) is 0 Å². The molecule has 0 fully saturated rings. The largest absolute Gasteiger partial charge is 0.508 e. The molecule has 2 aromatic carbocycles. The molecule has 4 heteroatoms. The minimum atomic E-state index is -0.107. The Labute approximate surface area is 130 Å². The van der Waals surface area contributed by atoms with E-state index in [2.05, 4.69) is 20.8 Å². The maximum absolute atomic E-state index is 11.1. The molecule has 0 aromatic heterocycles. The Morgan fingerprint density at radius 3 is 2.45 bits per heavy atom. The molecule has 0 saturated carbocycles. The van der Waals surface area contributed by atoms with Crippen molar-refractivity contribution in [2.75, 3.05) is 0 Å². The van der Waals surface area contributed by atoms with Crippen LogP contribution in [0.2, 0.25) is 0 Å². The predicted octanol–water partition coefficient (Wildman–Crippen LogP) is 3.79. The molecule has 0 aliphatic carbocycles. The minimum Gasteiger partial charge on any atom is -0.508 e. The number of hydrogen-bond acceptors (Lipinski definition) is 4. The number of aldehydes is 1. The second-order valence-corrected chi connectivity index (χ2v) is 6.26. The van der Waals surface area contributed by atoms with Gasteiger partial charge >= 0.3 is 0 Å². The molecule has 0 saturated heterocycles. The Morgan fingerprint density at radius 2 is 1.82 bits per heavy atom.